The van der Waals surface area contributed by atoms with Gasteiger partial charge >= 0.3 is 11.9 Å². The van der Waals surface area contributed by atoms with E-state index < -0.39 is 11.9 Å². The molecule has 4 rings (SSSR count). The molecule has 0 spiro atoms. The topological polar surface area (TPSA) is 105 Å². The Kier molecular flexibility index (Phi) is 11.9. The van der Waals surface area contributed by atoms with Crippen molar-refractivity contribution in [3.05, 3.63) is 24.3 Å². The SMILES string of the molecule is C=C(CN)C(=O)OCC(COC(=O)C(=C)CN)[C@H]1CC[C@@]2(C)C(CCC3C2CC[C@@]2(C)C3CC[C@@H]2[C@H](C)CCCC(C)C)C1. The van der Waals surface area contributed by atoms with Gasteiger partial charge in [0.2, 0.25) is 0 Å². The van der Waals surface area contributed by atoms with Gasteiger partial charge in [0.15, 0.2) is 0 Å². The summed E-state index contributed by atoms with van der Waals surface area (Å²) in [6.07, 6.45) is 15.8. The first-order valence-electron chi connectivity index (χ1n) is 18.0. The number of ether oxygens (including phenoxy) is 2. The van der Waals surface area contributed by atoms with Crippen LogP contribution in [-0.4, -0.2) is 38.2 Å². The lowest BCUT2D eigenvalue weighted by molar-refractivity contribution is -0.150. The highest BCUT2D eigenvalue weighted by atomic mass is 16.5. The maximum Gasteiger partial charge on any atom is 0.334 e. The molecule has 4 aliphatic carbocycles. The average molecular weight is 613 g/mol. The normalized spacial score (nSPS) is 35.4. The van der Waals surface area contributed by atoms with E-state index >= 15 is 0 Å². The number of esters is 2. The van der Waals surface area contributed by atoms with Crippen molar-refractivity contribution >= 4 is 11.9 Å². The van der Waals surface area contributed by atoms with E-state index in [-0.39, 0.29) is 43.4 Å². The zero-order valence-electron chi connectivity index (χ0n) is 28.7. The van der Waals surface area contributed by atoms with Crippen molar-refractivity contribution in [3.8, 4) is 0 Å². The van der Waals surface area contributed by atoms with Crippen LogP contribution in [0, 0.1) is 64.1 Å². The minimum Gasteiger partial charge on any atom is -0.462 e. The van der Waals surface area contributed by atoms with Crippen LogP contribution in [0.4, 0.5) is 0 Å². The number of nitrogens with two attached hydrogens (primary N) is 2. The van der Waals surface area contributed by atoms with Crippen molar-refractivity contribution in [1.29, 1.82) is 0 Å². The Hall–Kier alpha value is -1.66. The van der Waals surface area contributed by atoms with E-state index in [0.717, 1.165) is 48.3 Å². The highest BCUT2D eigenvalue weighted by Crippen LogP contribution is 2.69. The number of fused-ring (bicyclic) bond motifs is 5. The monoisotopic (exact) mass is 612 g/mol. The first-order valence-corrected chi connectivity index (χ1v) is 18.0. The lowest BCUT2D eigenvalue weighted by Crippen LogP contribution is -2.54. The molecule has 4 aliphatic rings. The lowest BCUT2D eigenvalue weighted by Gasteiger charge is -2.61. The summed E-state index contributed by atoms with van der Waals surface area (Å²) in [4.78, 5) is 24.8. The van der Waals surface area contributed by atoms with Crippen LogP contribution in [0.25, 0.3) is 0 Å². The maximum atomic E-state index is 12.4. The summed E-state index contributed by atoms with van der Waals surface area (Å²) >= 11 is 0. The van der Waals surface area contributed by atoms with Gasteiger partial charge in [0.25, 0.3) is 0 Å². The van der Waals surface area contributed by atoms with Gasteiger partial charge in [-0.3, -0.25) is 0 Å². The highest BCUT2D eigenvalue weighted by Gasteiger charge is 2.60. The zero-order chi connectivity index (χ0) is 32.2. The molecule has 0 aromatic carbocycles. The molecule has 0 bridgehead atoms. The van der Waals surface area contributed by atoms with Crippen LogP contribution in [0.2, 0.25) is 0 Å². The molecule has 4 saturated carbocycles. The van der Waals surface area contributed by atoms with Gasteiger partial charge in [0.1, 0.15) is 0 Å². The molecule has 0 saturated heterocycles. The van der Waals surface area contributed by atoms with Gasteiger partial charge in [-0.25, -0.2) is 9.59 Å². The number of carbonyl (C=O) groups excluding carboxylic acids is 2. The Morgan fingerprint density at radius 1 is 0.795 bits per heavy atom. The Morgan fingerprint density at radius 2 is 1.39 bits per heavy atom. The van der Waals surface area contributed by atoms with Gasteiger partial charge in [-0.15, -0.1) is 0 Å². The van der Waals surface area contributed by atoms with Gasteiger partial charge in [0.05, 0.1) is 13.2 Å². The second-order valence-corrected chi connectivity index (χ2v) is 16.3. The molecule has 0 heterocycles. The van der Waals surface area contributed by atoms with E-state index in [2.05, 4.69) is 47.8 Å². The fraction of sp³-hybridized carbons (Fsp3) is 0.842. The quantitative estimate of drug-likeness (QED) is 0.156. The van der Waals surface area contributed by atoms with Crippen molar-refractivity contribution in [1.82, 2.24) is 0 Å². The van der Waals surface area contributed by atoms with Gasteiger partial charge in [-0.1, -0.05) is 67.0 Å². The Balaban J connectivity index is 1.42. The number of rotatable bonds is 14. The first kappa shape index (κ1) is 35.2. The van der Waals surface area contributed by atoms with E-state index in [1.165, 1.54) is 64.2 Å². The Labute approximate surface area is 268 Å². The summed E-state index contributed by atoms with van der Waals surface area (Å²) in [7, 11) is 0. The second kappa shape index (κ2) is 14.8. The molecular formula is C38H64N2O4. The highest BCUT2D eigenvalue weighted by molar-refractivity contribution is 5.88. The third-order valence-electron chi connectivity index (χ3n) is 13.5. The first-order chi connectivity index (χ1) is 20.8. The molecule has 4 fully saturated rings. The Morgan fingerprint density at radius 3 is 1.98 bits per heavy atom. The van der Waals surface area contributed by atoms with Gasteiger partial charge < -0.3 is 20.9 Å². The zero-order valence-corrected chi connectivity index (χ0v) is 28.7. The van der Waals surface area contributed by atoms with E-state index in [9.17, 15) is 9.59 Å². The van der Waals surface area contributed by atoms with Crippen LogP contribution in [-0.2, 0) is 19.1 Å². The van der Waals surface area contributed by atoms with E-state index in [0.29, 0.717) is 22.7 Å². The summed E-state index contributed by atoms with van der Waals surface area (Å²) in [6.45, 7) is 20.6. The average Bonchev–Trinajstić information content (AvgIpc) is 3.36. The molecule has 4 N–H and O–H groups in total. The van der Waals surface area contributed by atoms with Crippen LogP contribution < -0.4 is 11.5 Å². The minimum atomic E-state index is -0.467. The van der Waals surface area contributed by atoms with Crippen molar-refractivity contribution in [3.63, 3.8) is 0 Å². The number of carbonyl (C=O) groups is 2. The molecule has 0 aromatic heterocycles. The van der Waals surface area contributed by atoms with Crippen LogP contribution >= 0.6 is 0 Å². The predicted molar refractivity (Wildman–Crippen MR) is 178 cm³/mol. The van der Waals surface area contributed by atoms with Crippen LogP contribution in [0.1, 0.15) is 112 Å². The van der Waals surface area contributed by atoms with Crippen LogP contribution in [0.15, 0.2) is 24.3 Å². The second-order valence-electron chi connectivity index (χ2n) is 16.3. The third-order valence-corrected chi connectivity index (χ3v) is 13.5. The summed E-state index contributed by atoms with van der Waals surface area (Å²) in [5.41, 5.74) is 12.6. The van der Waals surface area contributed by atoms with Crippen molar-refractivity contribution in [2.75, 3.05) is 26.3 Å². The Bertz CT molecular complexity index is 1010. The predicted octanol–water partition coefficient (Wildman–Crippen LogP) is 7.46. The van der Waals surface area contributed by atoms with Crippen LogP contribution in [0.5, 0.6) is 0 Å². The van der Waals surface area contributed by atoms with Gasteiger partial charge in [0, 0.05) is 30.2 Å². The van der Waals surface area contributed by atoms with Crippen molar-refractivity contribution in [2.24, 2.45) is 75.6 Å². The molecule has 0 radical (unpaired) electrons. The summed E-state index contributed by atoms with van der Waals surface area (Å²) in [5.74, 6) is 5.08. The minimum absolute atomic E-state index is 0.0660. The molecular weight excluding hydrogens is 548 g/mol. The van der Waals surface area contributed by atoms with E-state index in [4.69, 9.17) is 20.9 Å². The van der Waals surface area contributed by atoms with E-state index in [1.807, 2.05) is 0 Å². The van der Waals surface area contributed by atoms with E-state index in [1.54, 1.807) is 0 Å². The fourth-order valence-corrected chi connectivity index (χ4v) is 10.8. The molecule has 6 heteroatoms. The molecule has 9 atom stereocenters. The van der Waals surface area contributed by atoms with Crippen molar-refractivity contribution < 1.29 is 19.1 Å². The standard InChI is InChI=1S/C38H64N2O4/c1-24(2)9-8-10-25(3)32-13-14-33-31-12-11-30-19-28(15-17-37(30,6)34(31)16-18-38(32,33)7)29(22-43-35(41)26(4)20-39)23-44-36(42)27(5)21-40/h24-25,28-34H,4-5,8-23,39-40H2,1-3,6-7H3/t25-,28+,30?,31?,32-,33?,34?,37+,38-/m1/s1. The fourth-order valence-electron chi connectivity index (χ4n) is 10.8. The molecule has 0 amide bonds. The molecule has 4 unspecified atom stereocenters. The molecule has 0 aliphatic heterocycles. The maximum absolute atomic E-state index is 12.4. The third kappa shape index (κ3) is 7.32. The van der Waals surface area contributed by atoms with Crippen molar-refractivity contribution in [2.45, 2.75) is 112 Å². The molecule has 6 nitrogen and oxygen atoms in total. The molecule has 250 valence electrons. The van der Waals surface area contributed by atoms with Gasteiger partial charge in [-0.2, -0.15) is 0 Å². The number of hydrogen-bond donors (Lipinski definition) is 2. The number of hydrogen-bond acceptors (Lipinski definition) is 6. The summed E-state index contributed by atoms with van der Waals surface area (Å²) in [6, 6.07) is 0. The summed E-state index contributed by atoms with van der Waals surface area (Å²) in [5, 5.41) is 0. The molecule has 0 aromatic rings. The molecule has 44 heavy (non-hydrogen) atoms. The largest absolute Gasteiger partial charge is 0.462 e. The smallest absolute Gasteiger partial charge is 0.334 e. The lowest BCUT2D eigenvalue weighted by atomic mass is 9.43. The summed E-state index contributed by atoms with van der Waals surface area (Å²) < 4.78 is 11.3. The van der Waals surface area contributed by atoms with Gasteiger partial charge in [-0.05, 0) is 116 Å². The van der Waals surface area contributed by atoms with Crippen LogP contribution in [0.3, 0.4) is 0 Å².